The van der Waals surface area contributed by atoms with Gasteiger partial charge in [0, 0.05) is 11.5 Å². The van der Waals surface area contributed by atoms with Crippen molar-refractivity contribution in [2.24, 2.45) is 5.92 Å². The minimum atomic E-state index is 0.0416. The maximum atomic E-state index is 11.6. The maximum absolute atomic E-state index is 11.6. The average molecular weight is 158 g/mol. The first-order valence-corrected chi connectivity index (χ1v) is 4.10. The number of rotatable bonds is 0. The predicted molar refractivity (Wildman–Crippen MR) is 49.0 cm³/mol. The molecular formula is C11H10O. The van der Waals surface area contributed by atoms with Gasteiger partial charge < -0.3 is 0 Å². The van der Waals surface area contributed by atoms with E-state index >= 15 is 0 Å². The maximum Gasteiger partial charge on any atom is 0.170 e. The monoisotopic (exact) mass is 158 g/mol. The van der Waals surface area contributed by atoms with Gasteiger partial charge in [-0.05, 0) is 5.56 Å². The molecule has 0 bridgehead atoms. The number of carbonyl (C=O) groups excluding carboxylic acids is 1. The van der Waals surface area contributed by atoms with Crippen molar-refractivity contribution in [2.75, 3.05) is 0 Å². The molecule has 0 aliphatic heterocycles. The molecule has 0 saturated heterocycles. The van der Waals surface area contributed by atoms with Crippen LogP contribution in [0.3, 0.4) is 0 Å². The van der Waals surface area contributed by atoms with E-state index in [1.54, 1.807) is 0 Å². The first-order valence-electron chi connectivity index (χ1n) is 4.10. The van der Waals surface area contributed by atoms with Crippen molar-refractivity contribution < 1.29 is 4.79 Å². The molecule has 1 heteroatoms. The van der Waals surface area contributed by atoms with Gasteiger partial charge in [0.15, 0.2) is 5.78 Å². The van der Waals surface area contributed by atoms with E-state index in [2.05, 4.69) is 0 Å². The van der Waals surface area contributed by atoms with Gasteiger partial charge in [0.05, 0.1) is 0 Å². The number of Topliss-reactive ketones (excluding diaryl/α,β-unsaturated/α-hetero) is 1. The number of fused-ring (bicyclic) bond motifs is 1. The summed E-state index contributed by atoms with van der Waals surface area (Å²) in [6, 6.07) is 7.71. The van der Waals surface area contributed by atoms with Crippen LogP contribution in [-0.2, 0) is 0 Å². The number of allylic oxidation sites excluding steroid dienone is 1. The van der Waals surface area contributed by atoms with E-state index in [-0.39, 0.29) is 11.7 Å². The van der Waals surface area contributed by atoms with Crippen LogP contribution in [0.15, 0.2) is 30.3 Å². The van der Waals surface area contributed by atoms with Gasteiger partial charge in [0.2, 0.25) is 0 Å². The van der Waals surface area contributed by atoms with E-state index in [1.807, 2.05) is 43.3 Å². The zero-order valence-corrected chi connectivity index (χ0v) is 6.95. The average Bonchev–Trinajstić information content (AvgIpc) is 2.12. The SMILES string of the molecule is CC1C=Cc2ccccc2C1=O. The molecular weight excluding hydrogens is 148 g/mol. The van der Waals surface area contributed by atoms with Crippen molar-refractivity contribution in [3.05, 3.63) is 41.5 Å². The Balaban J connectivity index is 2.59. The second-order valence-electron chi connectivity index (χ2n) is 3.10. The van der Waals surface area contributed by atoms with Crippen molar-refractivity contribution in [3.63, 3.8) is 0 Å². The molecule has 0 radical (unpaired) electrons. The lowest BCUT2D eigenvalue weighted by Crippen LogP contribution is -2.13. The Morgan fingerprint density at radius 2 is 2.00 bits per heavy atom. The third-order valence-corrected chi connectivity index (χ3v) is 2.20. The largest absolute Gasteiger partial charge is 0.294 e. The molecule has 1 aromatic carbocycles. The number of benzene rings is 1. The minimum Gasteiger partial charge on any atom is -0.294 e. The van der Waals surface area contributed by atoms with Crippen molar-refractivity contribution in [2.45, 2.75) is 6.92 Å². The minimum absolute atomic E-state index is 0.0416. The van der Waals surface area contributed by atoms with Crippen molar-refractivity contribution in [3.8, 4) is 0 Å². The highest BCUT2D eigenvalue weighted by atomic mass is 16.1. The summed E-state index contributed by atoms with van der Waals surface area (Å²) in [5.74, 6) is 0.271. The van der Waals surface area contributed by atoms with Gasteiger partial charge in [0.25, 0.3) is 0 Å². The van der Waals surface area contributed by atoms with Crippen LogP contribution in [0, 0.1) is 5.92 Å². The summed E-state index contributed by atoms with van der Waals surface area (Å²) in [6.07, 6.45) is 3.96. The van der Waals surface area contributed by atoms with Crippen LogP contribution < -0.4 is 0 Å². The van der Waals surface area contributed by atoms with Crippen LogP contribution >= 0.6 is 0 Å². The lowest BCUT2D eigenvalue weighted by Gasteiger charge is -2.13. The first kappa shape index (κ1) is 7.29. The van der Waals surface area contributed by atoms with E-state index in [1.165, 1.54) is 0 Å². The highest BCUT2D eigenvalue weighted by Gasteiger charge is 2.18. The van der Waals surface area contributed by atoms with Crippen molar-refractivity contribution >= 4 is 11.9 Å². The summed E-state index contributed by atoms with van der Waals surface area (Å²) in [4.78, 5) is 11.6. The Hall–Kier alpha value is -1.37. The van der Waals surface area contributed by atoms with Gasteiger partial charge in [-0.15, -0.1) is 0 Å². The van der Waals surface area contributed by atoms with Crippen LogP contribution in [0.25, 0.3) is 6.08 Å². The molecule has 0 fully saturated rings. The van der Waals surface area contributed by atoms with Gasteiger partial charge >= 0.3 is 0 Å². The second-order valence-corrected chi connectivity index (χ2v) is 3.10. The molecule has 1 atom stereocenters. The molecule has 0 saturated carbocycles. The van der Waals surface area contributed by atoms with Crippen LogP contribution in [-0.4, -0.2) is 5.78 Å². The van der Waals surface area contributed by atoms with Crippen LogP contribution in [0.2, 0.25) is 0 Å². The fourth-order valence-corrected chi connectivity index (χ4v) is 1.45. The summed E-state index contributed by atoms with van der Waals surface area (Å²) in [5.41, 5.74) is 1.90. The fourth-order valence-electron chi connectivity index (χ4n) is 1.45. The van der Waals surface area contributed by atoms with Gasteiger partial charge in [-0.25, -0.2) is 0 Å². The van der Waals surface area contributed by atoms with Crippen molar-refractivity contribution in [1.29, 1.82) is 0 Å². The van der Waals surface area contributed by atoms with E-state index in [9.17, 15) is 4.79 Å². The second kappa shape index (κ2) is 2.59. The molecule has 2 rings (SSSR count). The summed E-state index contributed by atoms with van der Waals surface area (Å²) >= 11 is 0. The van der Waals surface area contributed by atoms with E-state index in [0.29, 0.717) is 0 Å². The Labute approximate surface area is 71.7 Å². The van der Waals surface area contributed by atoms with E-state index in [0.717, 1.165) is 11.1 Å². The van der Waals surface area contributed by atoms with Gasteiger partial charge in [-0.3, -0.25) is 4.79 Å². The van der Waals surface area contributed by atoms with Gasteiger partial charge in [0.1, 0.15) is 0 Å². The number of ketones is 1. The molecule has 0 heterocycles. The highest BCUT2D eigenvalue weighted by molar-refractivity contribution is 6.04. The quantitative estimate of drug-likeness (QED) is 0.567. The molecule has 0 N–H and O–H groups in total. The standard InChI is InChI=1S/C11H10O/c1-8-6-7-9-4-2-3-5-10(9)11(8)12/h2-8H,1H3. The lowest BCUT2D eigenvalue weighted by molar-refractivity contribution is 0.0951. The summed E-state index contributed by atoms with van der Waals surface area (Å²) in [6.45, 7) is 1.93. The topological polar surface area (TPSA) is 17.1 Å². The Kier molecular flexibility index (Phi) is 1.58. The smallest absolute Gasteiger partial charge is 0.170 e. The third kappa shape index (κ3) is 0.981. The summed E-state index contributed by atoms with van der Waals surface area (Å²) in [5, 5.41) is 0. The lowest BCUT2D eigenvalue weighted by atomic mass is 9.90. The van der Waals surface area contributed by atoms with Crippen LogP contribution in [0.5, 0.6) is 0 Å². The Morgan fingerprint density at radius 3 is 2.83 bits per heavy atom. The van der Waals surface area contributed by atoms with Crippen LogP contribution in [0.1, 0.15) is 22.8 Å². The molecule has 12 heavy (non-hydrogen) atoms. The molecule has 1 aromatic rings. The molecule has 1 aliphatic carbocycles. The van der Waals surface area contributed by atoms with E-state index in [4.69, 9.17) is 0 Å². The molecule has 1 nitrogen and oxygen atoms in total. The summed E-state index contributed by atoms with van der Waals surface area (Å²) in [7, 11) is 0. The molecule has 1 unspecified atom stereocenters. The van der Waals surface area contributed by atoms with Gasteiger partial charge in [-0.2, -0.15) is 0 Å². The fraction of sp³-hybridized carbons (Fsp3) is 0.182. The van der Waals surface area contributed by atoms with Crippen molar-refractivity contribution in [1.82, 2.24) is 0 Å². The molecule has 0 spiro atoms. The molecule has 1 aliphatic rings. The molecule has 0 aromatic heterocycles. The normalized spacial score (nSPS) is 20.8. The first-order chi connectivity index (χ1) is 5.79. The molecule has 60 valence electrons. The zero-order valence-electron chi connectivity index (χ0n) is 6.95. The summed E-state index contributed by atoms with van der Waals surface area (Å²) < 4.78 is 0. The predicted octanol–water partition coefficient (Wildman–Crippen LogP) is 2.53. The Morgan fingerprint density at radius 1 is 1.25 bits per heavy atom. The highest BCUT2D eigenvalue weighted by Crippen LogP contribution is 2.21. The zero-order chi connectivity index (χ0) is 8.55. The van der Waals surface area contributed by atoms with Crippen LogP contribution in [0.4, 0.5) is 0 Å². The van der Waals surface area contributed by atoms with Gasteiger partial charge in [-0.1, -0.05) is 43.3 Å². The Bertz CT molecular complexity index is 350. The molecule has 0 amide bonds. The number of hydrogen-bond acceptors (Lipinski definition) is 1. The number of hydrogen-bond donors (Lipinski definition) is 0. The van der Waals surface area contributed by atoms with E-state index < -0.39 is 0 Å². The third-order valence-electron chi connectivity index (χ3n) is 2.20. The number of carbonyl (C=O) groups is 1.